The third-order valence-electron chi connectivity index (χ3n) is 1.43. The molecule has 0 spiro atoms. The van der Waals surface area contributed by atoms with Gasteiger partial charge in [-0.05, 0) is 0 Å². The lowest BCUT2D eigenvalue weighted by Crippen LogP contribution is -2.36. The van der Waals surface area contributed by atoms with Crippen LogP contribution in [-0.2, 0) is 14.3 Å². The fraction of sp³-hybridized carbons (Fsp3) is 0.600. The van der Waals surface area contributed by atoms with Crippen LogP contribution in [0.3, 0.4) is 0 Å². The average molecular weight is 145 g/mol. The maximum atomic E-state index is 10.5. The number of aliphatic carboxylic acids is 1. The van der Waals surface area contributed by atoms with E-state index in [1.165, 1.54) is 0 Å². The van der Waals surface area contributed by atoms with Crippen LogP contribution in [0.1, 0.15) is 0 Å². The Labute approximate surface area is 56.8 Å². The van der Waals surface area contributed by atoms with E-state index in [4.69, 9.17) is 10.8 Å². The van der Waals surface area contributed by atoms with E-state index in [9.17, 15) is 9.59 Å². The molecular weight excluding hydrogens is 138 g/mol. The van der Waals surface area contributed by atoms with Crippen LogP contribution in [0.15, 0.2) is 0 Å². The second-order valence-corrected chi connectivity index (χ2v) is 2.10. The number of carboxylic acids is 1. The predicted octanol–water partition coefficient (Wildman–Crippen LogP) is -1.43. The van der Waals surface area contributed by atoms with E-state index in [0.29, 0.717) is 0 Å². The minimum atomic E-state index is -1.08. The van der Waals surface area contributed by atoms with Crippen LogP contribution in [0.25, 0.3) is 0 Å². The van der Waals surface area contributed by atoms with E-state index in [0.717, 1.165) is 0 Å². The molecule has 3 N–H and O–H groups in total. The van der Waals surface area contributed by atoms with E-state index in [1.807, 2.05) is 0 Å². The molecule has 1 saturated heterocycles. The van der Waals surface area contributed by atoms with Crippen molar-refractivity contribution in [1.82, 2.24) is 0 Å². The molecule has 1 aliphatic heterocycles. The molecule has 0 amide bonds. The van der Waals surface area contributed by atoms with Gasteiger partial charge < -0.3 is 15.6 Å². The van der Waals surface area contributed by atoms with Gasteiger partial charge in [-0.2, -0.15) is 0 Å². The van der Waals surface area contributed by atoms with E-state index in [-0.39, 0.29) is 6.61 Å². The highest BCUT2D eigenvalue weighted by molar-refractivity contribution is 5.86. The van der Waals surface area contributed by atoms with Crippen LogP contribution in [0, 0.1) is 5.92 Å². The standard InChI is InChI=1S/C5H7NO4/c6-3-2(4(7)8)1-10-5(3)9/h2-3H,1,6H2,(H,7,8)/t2-,3+/m1/s1. The summed E-state index contributed by atoms with van der Waals surface area (Å²) in [7, 11) is 0. The smallest absolute Gasteiger partial charge is 0.323 e. The fourth-order valence-corrected chi connectivity index (χ4v) is 0.761. The summed E-state index contributed by atoms with van der Waals surface area (Å²) in [6.07, 6.45) is 0. The molecule has 2 atom stereocenters. The van der Waals surface area contributed by atoms with Gasteiger partial charge in [-0.3, -0.25) is 9.59 Å². The molecule has 0 aromatic rings. The molecule has 1 heterocycles. The lowest BCUT2D eigenvalue weighted by molar-refractivity contribution is -0.142. The number of hydrogen-bond donors (Lipinski definition) is 2. The highest BCUT2D eigenvalue weighted by atomic mass is 16.5. The van der Waals surface area contributed by atoms with E-state index < -0.39 is 23.9 Å². The maximum Gasteiger partial charge on any atom is 0.323 e. The molecule has 0 aliphatic carbocycles. The number of esters is 1. The van der Waals surface area contributed by atoms with E-state index in [1.54, 1.807) is 0 Å². The summed E-state index contributed by atoms with van der Waals surface area (Å²) in [5.74, 6) is -2.58. The second-order valence-electron chi connectivity index (χ2n) is 2.10. The van der Waals surface area contributed by atoms with Gasteiger partial charge in [0.05, 0.1) is 0 Å². The van der Waals surface area contributed by atoms with Crippen LogP contribution < -0.4 is 5.73 Å². The van der Waals surface area contributed by atoms with Crippen LogP contribution in [0.4, 0.5) is 0 Å². The van der Waals surface area contributed by atoms with Gasteiger partial charge >= 0.3 is 11.9 Å². The Morgan fingerprint density at radius 1 is 1.80 bits per heavy atom. The monoisotopic (exact) mass is 145 g/mol. The number of carbonyl (C=O) groups excluding carboxylic acids is 1. The molecule has 0 bridgehead atoms. The summed E-state index contributed by atoms with van der Waals surface area (Å²) in [6, 6.07) is -0.988. The first-order chi connectivity index (χ1) is 4.63. The first-order valence-corrected chi connectivity index (χ1v) is 2.78. The zero-order valence-electron chi connectivity index (χ0n) is 5.11. The molecule has 0 unspecified atom stereocenters. The summed E-state index contributed by atoms with van der Waals surface area (Å²) in [5, 5.41) is 8.39. The van der Waals surface area contributed by atoms with Crippen molar-refractivity contribution in [3.8, 4) is 0 Å². The summed E-state index contributed by atoms with van der Waals surface area (Å²) < 4.78 is 4.39. The quantitative estimate of drug-likeness (QED) is 0.441. The van der Waals surface area contributed by atoms with Gasteiger partial charge in [0.25, 0.3) is 0 Å². The molecule has 56 valence electrons. The second kappa shape index (κ2) is 2.26. The molecule has 0 radical (unpaired) electrons. The van der Waals surface area contributed by atoms with Gasteiger partial charge in [0.2, 0.25) is 0 Å². The SMILES string of the molecule is N[C@@H]1C(=O)OC[C@H]1C(=O)O. The molecular formula is C5H7NO4. The minimum absolute atomic E-state index is 0.102. The largest absolute Gasteiger partial charge is 0.481 e. The van der Waals surface area contributed by atoms with Gasteiger partial charge in [-0.25, -0.2) is 0 Å². The molecule has 5 heteroatoms. The van der Waals surface area contributed by atoms with E-state index >= 15 is 0 Å². The van der Waals surface area contributed by atoms with Crippen molar-refractivity contribution in [3.05, 3.63) is 0 Å². The zero-order chi connectivity index (χ0) is 7.72. The molecule has 0 aromatic carbocycles. The fourth-order valence-electron chi connectivity index (χ4n) is 0.761. The first kappa shape index (κ1) is 7.01. The summed E-state index contributed by atoms with van der Waals surface area (Å²) >= 11 is 0. The lowest BCUT2D eigenvalue weighted by Gasteiger charge is -2.01. The molecule has 1 aliphatic rings. The van der Waals surface area contributed by atoms with Crippen LogP contribution in [-0.4, -0.2) is 29.7 Å². The summed E-state index contributed by atoms with van der Waals surface area (Å²) in [5.41, 5.74) is 5.17. The Morgan fingerprint density at radius 3 is 2.60 bits per heavy atom. The molecule has 0 aromatic heterocycles. The summed E-state index contributed by atoms with van der Waals surface area (Å²) in [6.45, 7) is -0.102. The highest BCUT2D eigenvalue weighted by Gasteiger charge is 2.38. The third kappa shape index (κ3) is 0.950. The van der Waals surface area contributed by atoms with Crippen molar-refractivity contribution < 1.29 is 19.4 Å². The number of ether oxygens (including phenoxy) is 1. The highest BCUT2D eigenvalue weighted by Crippen LogP contribution is 2.12. The van der Waals surface area contributed by atoms with Crippen molar-refractivity contribution in [2.45, 2.75) is 6.04 Å². The van der Waals surface area contributed by atoms with Gasteiger partial charge in [0.15, 0.2) is 0 Å². The van der Waals surface area contributed by atoms with Crippen LogP contribution >= 0.6 is 0 Å². The lowest BCUT2D eigenvalue weighted by atomic mass is 10.1. The maximum absolute atomic E-state index is 10.5. The van der Waals surface area contributed by atoms with Crippen molar-refractivity contribution >= 4 is 11.9 Å². The average Bonchev–Trinajstić information content (AvgIpc) is 2.14. The zero-order valence-corrected chi connectivity index (χ0v) is 5.11. The molecule has 0 saturated carbocycles. The first-order valence-electron chi connectivity index (χ1n) is 2.78. The van der Waals surface area contributed by atoms with Gasteiger partial charge in [-0.1, -0.05) is 0 Å². The minimum Gasteiger partial charge on any atom is -0.481 e. The Morgan fingerprint density at radius 2 is 2.40 bits per heavy atom. The Kier molecular flexibility index (Phi) is 1.58. The number of carboxylic acid groups (broad SMARTS) is 1. The van der Waals surface area contributed by atoms with Gasteiger partial charge in [-0.15, -0.1) is 0 Å². The molecule has 1 rings (SSSR count). The Bertz CT molecular complexity index is 178. The van der Waals surface area contributed by atoms with Crippen molar-refractivity contribution in [2.24, 2.45) is 11.7 Å². The number of rotatable bonds is 1. The topological polar surface area (TPSA) is 89.6 Å². The molecule has 1 fully saturated rings. The molecule has 10 heavy (non-hydrogen) atoms. The number of hydrogen-bond acceptors (Lipinski definition) is 4. The summed E-state index contributed by atoms with van der Waals surface area (Å²) in [4.78, 5) is 20.7. The number of nitrogens with two attached hydrogens (primary N) is 1. The van der Waals surface area contributed by atoms with Crippen LogP contribution in [0.2, 0.25) is 0 Å². The van der Waals surface area contributed by atoms with Crippen molar-refractivity contribution in [1.29, 1.82) is 0 Å². The van der Waals surface area contributed by atoms with Gasteiger partial charge in [0, 0.05) is 0 Å². The normalized spacial score (nSPS) is 31.9. The Balaban J connectivity index is 2.66. The third-order valence-corrected chi connectivity index (χ3v) is 1.43. The Hall–Kier alpha value is -1.10. The van der Waals surface area contributed by atoms with Crippen molar-refractivity contribution in [3.63, 3.8) is 0 Å². The number of cyclic esters (lactones) is 1. The van der Waals surface area contributed by atoms with Crippen molar-refractivity contribution in [2.75, 3.05) is 6.61 Å². The number of carbonyl (C=O) groups is 2. The van der Waals surface area contributed by atoms with Gasteiger partial charge in [0.1, 0.15) is 18.6 Å². The molecule has 5 nitrogen and oxygen atoms in total. The van der Waals surface area contributed by atoms with E-state index in [2.05, 4.69) is 4.74 Å². The van der Waals surface area contributed by atoms with Crippen LogP contribution in [0.5, 0.6) is 0 Å². The predicted molar refractivity (Wildman–Crippen MR) is 30.1 cm³/mol.